The van der Waals surface area contributed by atoms with Gasteiger partial charge in [-0.25, -0.2) is 0 Å². The minimum Gasteiger partial charge on any atom is -0.381 e. The molecule has 0 unspecified atom stereocenters. The number of rotatable bonds is 7. The molecule has 1 amide bonds. The lowest BCUT2D eigenvalue weighted by molar-refractivity contribution is -0.118. The van der Waals surface area contributed by atoms with Crippen LogP contribution in [0.5, 0.6) is 0 Å². The Morgan fingerprint density at radius 2 is 2.16 bits per heavy atom. The number of anilines is 1. The highest BCUT2D eigenvalue weighted by Crippen LogP contribution is 2.27. The molecule has 134 valence electrons. The number of nitrogens with one attached hydrogen (secondary N) is 2. The van der Waals surface area contributed by atoms with Crippen molar-refractivity contribution in [3.8, 4) is 0 Å². The Morgan fingerprint density at radius 1 is 1.36 bits per heavy atom. The highest BCUT2D eigenvalue weighted by Gasteiger charge is 2.25. The van der Waals surface area contributed by atoms with Gasteiger partial charge in [0.15, 0.2) is 0 Å². The van der Waals surface area contributed by atoms with E-state index in [0.29, 0.717) is 11.8 Å². The number of ether oxygens (including phenoxy) is 1. The smallest absolute Gasteiger partial charge is 0.243 e. The number of benzene rings is 1. The Kier molecular flexibility index (Phi) is 5.83. The minimum atomic E-state index is -0.363. The second-order valence-corrected chi connectivity index (χ2v) is 6.64. The van der Waals surface area contributed by atoms with Crippen LogP contribution >= 0.6 is 0 Å². The second kappa shape index (κ2) is 8.27. The van der Waals surface area contributed by atoms with E-state index in [2.05, 4.69) is 27.9 Å². The van der Waals surface area contributed by atoms with Crippen molar-refractivity contribution in [2.75, 3.05) is 18.5 Å². The lowest BCUT2D eigenvalue weighted by atomic mass is 9.93. The van der Waals surface area contributed by atoms with Gasteiger partial charge in [-0.3, -0.25) is 15.4 Å². The van der Waals surface area contributed by atoms with E-state index in [4.69, 9.17) is 9.26 Å². The SMILES string of the molecule is Cc1cc(NC(=O)[C@H](C)N[C@H](C[C@H]2CCOC2)c2ccccc2)on1. The maximum absolute atomic E-state index is 12.4. The number of aryl methyl sites for hydroxylation is 1. The van der Waals surface area contributed by atoms with Gasteiger partial charge in [0.25, 0.3) is 0 Å². The van der Waals surface area contributed by atoms with Crippen LogP contribution in [0.1, 0.15) is 37.1 Å². The largest absolute Gasteiger partial charge is 0.381 e. The number of hydrogen-bond donors (Lipinski definition) is 2. The Bertz CT molecular complexity index is 680. The third kappa shape index (κ3) is 4.90. The van der Waals surface area contributed by atoms with Gasteiger partial charge >= 0.3 is 0 Å². The third-order valence-electron chi connectivity index (χ3n) is 4.51. The van der Waals surface area contributed by atoms with Crippen LogP contribution in [0.4, 0.5) is 5.88 Å². The summed E-state index contributed by atoms with van der Waals surface area (Å²) in [5, 5.41) is 10.00. The summed E-state index contributed by atoms with van der Waals surface area (Å²) in [6, 6.07) is 11.7. The number of aromatic nitrogens is 1. The number of carbonyl (C=O) groups excluding carboxylic acids is 1. The first-order chi connectivity index (χ1) is 12.1. The summed E-state index contributed by atoms with van der Waals surface area (Å²) in [5.41, 5.74) is 1.92. The molecule has 6 nitrogen and oxygen atoms in total. The summed E-state index contributed by atoms with van der Waals surface area (Å²) in [5.74, 6) is 0.751. The van der Waals surface area contributed by atoms with Crippen LogP contribution in [-0.4, -0.2) is 30.3 Å². The predicted molar refractivity (Wildman–Crippen MR) is 95.2 cm³/mol. The standard InChI is InChI=1S/C19H25N3O3/c1-13-10-18(25-22-13)21-19(23)14(2)20-17(11-15-8-9-24-12-15)16-6-4-3-5-7-16/h3-7,10,14-15,17,20H,8-9,11-12H2,1-2H3,(H,21,23)/t14-,15+,17+/m0/s1. The molecule has 1 aliphatic heterocycles. The maximum Gasteiger partial charge on any atom is 0.243 e. The molecule has 3 atom stereocenters. The summed E-state index contributed by atoms with van der Waals surface area (Å²) in [7, 11) is 0. The Morgan fingerprint density at radius 3 is 2.80 bits per heavy atom. The molecule has 3 rings (SSSR count). The van der Waals surface area contributed by atoms with Gasteiger partial charge in [-0.05, 0) is 38.2 Å². The van der Waals surface area contributed by atoms with Gasteiger partial charge in [-0.1, -0.05) is 35.5 Å². The molecule has 25 heavy (non-hydrogen) atoms. The normalized spacial score (nSPS) is 19.5. The first-order valence-corrected chi connectivity index (χ1v) is 8.74. The quantitative estimate of drug-likeness (QED) is 0.808. The van der Waals surface area contributed by atoms with E-state index in [-0.39, 0.29) is 18.0 Å². The lowest BCUT2D eigenvalue weighted by Gasteiger charge is -2.25. The van der Waals surface area contributed by atoms with Crippen molar-refractivity contribution in [2.45, 2.75) is 38.8 Å². The molecule has 6 heteroatoms. The number of hydrogen-bond acceptors (Lipinski definition) is 5. The highest BCUT2D eigenvalue weighted by atomic mass is 16.5. The maximum atomic E-state index is 12.4. The fourth-order valence-electron chi connectivity index (χ4n) is 3.12. The first kappa shape index (κ1) is 17.6. The van der Waals surface area contributed by atoms with Crippen molar-refractivity contribution in [2.24, 2.45) is 5.92 Å². The zero-order valence-electron chi connectivity index (χ0n) is 14.7. The molecule has 0 spiro atoms. The number of nitrogens with zero attached hydrogens (tertiary/aromatic N) is 1. The highest BCUT2D eigenvalue weighted by molar-refractivity contribution is 5.93. The molecular formula is C19H25N3O3. The fraction of sp³-hybridized carbons (Fsp3) is 0.474. The average molecular weight is 343 g/mol. The third-order valence-corrected chi connectivity index (χ3v) is 4.51. The van der Waals surface area contributed by atoms with Crippen LogP contribution in [0.15, 0.2) is 40.9 Å². The van der Waals surface area contributed by atoms with Crippen LogP contribution in [0, 0.1) is 12.8 Å². The van der Waals surface area contributed by atoms with Crippen molar-refractivity contribution >= 4 is 11.8 Å². The molecule has 2 heterocycles. The lowest BCUT2D eigenvalue weighted by Crippen LogP contribution is -2.40. The zero-order chi connectivity index (χ0) is 17.6. The van der Waals surface area contributed by atoms with Gasteiger partial charge in [0.05, 0.1) is 11.7 Å². The van der Waals surface area contributed by atoms with Crippen LogP contribution in [0.25, 0.3) is 0 Å². The van der Waals surface area contributed by atoms with Crippen LogP contribution < -0.4 is 10.6 Å². The van der Waals surface area contributed by atoms with E-state index in [1.54, 1.807) is 6.07 Å². The summed E-state index contributed by atoms with van der Waals surface area (Å²) in [6.45, 7) is 5.30. The average Bonchev–Trinajstić information content (AvgIpc) is 3.26. The van der Waals surface area contributed by atoms with Crippen molar-refractivity contribution in [3.63, 3.8) is 0 Å². The van der Waals surface area contributed by atoms with E-state index in [1.165, 1.54) is 5.56 Å². The Balaban J connectivity index is 1.64. The van der Waals surface area contributed by atoms with Gasteiger partial charge in [-0.15, -0.1) is 0 Å². The molecule has 2 N–H and O–H groups in total. The van der Waals surface area contributed by atoms with Gasteiger partial charge < -0.3 is 9.26 Å². The molecular weight excluding hydrogens is 318 g/mol. The minimum absolute atomic E-state index is 0.102. The predicted octanol–water partition coefficient (Wildman–Crippen LogP) is 3.07. The van der Waals surface area contributed by atoms with E-state index in [1.807, 2.05) is 32.0 Å². The van der Waals surface area contributed by atoms with E-state index < -0.39 is 0 Å². The second-order valence-electron chi connectivity index (χ2n) is 6.64. The van der Waals surface area contributed by atoms with Gasteiger partial charge in [0.2, 0.25) is 11.8 Å². The topological polar surface area (TPSA) is 76.4 Å². The van der Waals surface area contributed by atoms with Crippen LogP contribution in [0.2, 0.25) is 0 Å². The summed E-state index contributed by atoms with van der Waals surface area (Å²) in [4.78, 5) is 12.4. The van der Waals surface area contributed by atoms with Crippen molar-refractivity contribution in [3.05, 3.63) is 47.7 Å². The van der Waals surface area contributed by atoms with E-state index >= 15 is 0 Å². The molecule has 2 aromatic rings. The molecule has 1 fully saturated rings. The molecule has 0 aliphatic carbocycles. The Labute approximate surface area is 147 Å². The van der Waals surface area contributed by atoms with Crippen LogP contribution in [-0.2, 0) is 9.53 Å². The summed E-state index contributed by atoms with van der Waals surface area (Å²) >= 11 is 0. The monoisotopic (exact) mass is 343 g/mol. The summed E-state index contributed by atoms with van der Waals surface area (Å²) < 4.78 is 10.6. The summed E-state index contributed by atoms with van der Waals surface area (Å²) in [6.07, 6.45) is 2.02. The van der Waals surface area contributed by atoms with Gasteiger partial charge in [0.1, 0.15) is 0 Å². The van der Waals surface area contributed by atoms with Crippen molar-refractivity contribution < 1.29 is 14.1 Å². The van der Waals surface area contributed by atoms with E-state index in [0.717, 1.165) is 31.7 Å². The van der Waals surface area contributed by atoms with Gasteiger partial charge in [0, 0.05) is 25.3 Å². The zero-order valence-corrected chi connectivity index (χ0v) is 14.7. The molecule has 1 saturated heterocycles. The van der Waals surface area contributed by atoms with E-state index in [9.17, 15) is 4.79 Å². The van der Waals surface area contributed by atoms with Crippen molar-refractivity contribution in [1.82, 2.24) is 10.5 Å². The van der Waals surface area contributed by atoms with Gasteiger partial charge in [-0.2, -0.15) is 0 Å². The first-order valence-electron chi connectivity index (χ1n) is 8.74. The molecule has 0 radical (unpaired) electrons. The molecule has 0 bridgehead atoms. The molecule has 1 aromatic heterocycles. The number of carbonyl (C=O) groups is 1. The molecule has 1 aromatic carbocycles. The fourth-order valence-corrected chi connectivity index (χ4v) is 3.12. The number of amides is 1. The molecule has 1 aliphatic rings. The molecule has 0 saturated carbocycles. The Hall–Kier alpha value is -2.18. The van der Waals surface area contributed by atoms with Crippen molar-refractivity contribution in [1.29, 1.82) is 0 Å². The van der Waals surface area contributed by atoms with Crippen LogP contribution in [0.3, 0.4) is 0 Å².